The lowest BCUT2D eigenvalue weighted by Crippen LogP contribution is -2.26. The third-order valence-electron chi connectivity index (χ3n) is 2.18. The van der Waals surface area contributed by atoms with Gasteiger partial charge in [-0.3, -0.25) is 4.99 Å². The number of hydrogen-bond donors (Lipinski definition) is 0. The summed E-state index contributed by atoms with van der Waals surface area (Å²) in [6.07, 6.45) is 2.80. The molecule has 1 rings (SSSR count). The first kappa shape index (κ1) is 8.12. The van der Waals surface area contributed by atoms with Crippen LogP contribution in [0.25, 0.3) is 0 Å². The molecule has 10 heavy (non-hydrogen) atoms. The summed E-state index contributed by atoms with van der Waals surface area (Å²) < 4.78 is 0. The molecule has 2 atom stereocenters. The monoisotopic (exact) mass is 157 g/mol. The molecular weight excluding hydrogens is 142 g/mol. The number of thioether (sulfide) groups is 1. The van der Waals surface area contributed by atoms with Gasteiger partial charge in [-0.25, -0.2) is 0 Å². The maximum atomic E-state index is 4.12. The van der Waals surface area contributed by atoms with Crippen molar-refractivity contribution in [2.45, 2.75) is 31.9 Å². The zero-order valence-electron chi connectivity index (χ0n) is 6.92. The molecule has 0 aliphatic heterocycles. The Bertz CT molecular complexity index is 142. The molecule has 1 aliphatic carbocycles. The summed E-state index contributed by atoms with van der Waals surface area (Å²) >= 11 is 1.94. The van der Waals surface area contributed by atoms with Crippen LogP contribution in [-0.4, -0.2) is 17.3 Å². The van der Waals surface area contributed by atoms with Gasteiger partial charge in [-0.1, -0.05) is 6.92 Å². The second-order valence-corrected chi connectivity index (χ2v) is 4.39. The Morgan fingerprint density at radius 3 is 2.50 bits per heavy atom. The zero-order valence-corrected chi connectivity index (χ0v) is 7.74. The Kier molecular flexibility index (Phi) is 2.78. The van der Waals surface area contributed by atoms with Crippen molar-refractivity contribution in [2.24, 2.45) is 10.9 Å². The van der Waals surface area contributed by atoms with Crippen molar-refractivity contribution >= 4 is 16.8 Å². The average molecular weight is 157 g/mol. The Balaban J connectivity index is 2.25. The van der Waals surface area contributed by atoms with Gasteiger partial charge in [0, 0.05) is 12.3 Å². The summed E-state index contributed by atoms with van der Waals surface area (Å²) in [6, 6.07) is 0. The maximum absolute atomic E-state index is 4.12. The van der Waals surface area contributed by atoms with Gasteiger partial charge >= 0.3 is 0 Å². The normalized spacial score (nSPS) is 33.7. The second-order valence-electron chi connectivity index (χ2n) is 2.95. The quantitative estimate of drug-likeness (QED) is 0.421. The summed E-state index contributed by atoms with van der Waals surface area (Å²) in [5, 5.41) is 2.10. The molecule has 1 nitrogen and oxygen atoms in total. The highest BCUT2D eigenvalue weighted by Crippen LogP contribution is 2.37. The summed E-state index contributed by atoms with van der Waals surface area (Å²) in [7, 11) is 1.87. The predicted octanol–water partition coefficient (Wildman–Crippen LogP) is 2.57. The molecule has 0 N–H and O–H groups in total. The van der Waals surface area contributed by atoms with Crippen LogP contribution >= 0.6 is 11.8 Å². The van der Waals surface area contributed by atoms with Gasteiger partial charge in [0.25, 0.3) is 0 Å². The van der Waals surface area contributed by atoms with Crippen molar-refractivity contribution < 1.29 is 0 Å². The van der Waals surface area contributed by atoms with Crippen LogP contribution in [0.2, 0.25) is 0 Å². The fourth-order valence-corrected chi connectivity index (χ4v) is 2.25. The molecule has 1 saturated carbocycles. The van der Waals surface area contributed by atoms with E-state index in [0.717, 1.165) is 11.2 Å². The van der Waals surface area contributed by atoms with Crippen LogP contribution in [0, 0.1) is 5.92 Å². The lowest BCUT2D eigenvalue weighted by Gasteiger charge is -2.32. The summed E-state index contributed by atoms with van der Waals surface area (Å²) in [4.78, 5) is 4.12. The number of hydrogen-bond acceptors (Lipinski definition) is 2. The van der Waals surface area contributed by atoms with E-state index in [2.05, 4.69) is 18.8 Å². The van der Waals surface area contributed by atoms with Crippen LogP contribution in [-0.2, 0) is 0 Å². The lowest BCUT2D eigenvalue weighted by molar-refractivity contribution is 0.364. The van der Waals surface area contributed by atoms with E-state index in [1.807, 2.05) is 18.8 Å². The van der Waals surface area contributed by atoms with Crippen molar-refractivity contribution in [1.82, 2.24) is 0 Å². The molecule has 0 aromatic carbocycles. The van der Waals surface area contributed by atoms with Gasteiger partial charge in [-0.05, 0) is 25.7 Å². The Morgan fingerprint density at radius 2 is 2.20 bits per heavy atom. The fraction of sp³-hybridized carbons (Fsp3) is 0.875. The molecule has 0 bridgehead atoms. The van der Waals surface area contributed by atoms with Crippen molar-refractivity contribution in [1.29, 1.82) is 0 Å². The molecular formula is C8H15NS. The van der Waals surface area contributed by atoms with Crippen LogP contribution in [0.4, 0.5) is 0 Å². The lowest BCUT2D eigenvalue weighted by atomic mass is 9.87. The minimum absolute atomic E-state index is 0.865. The summed E-state index contributed by atoms with van der Waals surface area (Å²) in [5.41, 5.74) is 0. The highest BCUT2D eigenvalue weighted by atomic mass is 32.2. The van der Waals surface area contributed by atoms with E-state index in [0.29, 0.717) is 0 Å². The van der Waals surface area contributed by atoms with Gasteiger partial charge < -0.3 is 0 Å². The Hall–Kier alpha value is 0.0200. The van der Waals surface area contributed by atoms with E-state index in [-0.39, 0.29) is 0 Å². The standard InChI is InChI=1S/C8H15NS/c1-6-4-5-8(6)10-7(2)9-3/h6,8H,4-5H2,1-3H3/b9-7-. The van der Waals surface area contributed by atoms with Crippen LogP contribution in [0.15, 0.2) is 4.99 Å². The Morgan fingerprint density at radius 1 is 1.50 bits per heavy atom. The van der Waals surface area contributed by atoms with Gasteiger partial charge in [0.1, 0.15) is 0 Å². The molecule has 0 amide bonds. The molecule has 2 unspecified atom stereocenters. The van der Waals surface area contributed by atoms with E-state index < -0.39 is 0 Å². The van der Waals surface area contributed by atoms with Gasteiger partial charge in [0.05, 0.1) is 5.04 Å². The van der Waals surface area contributed by atoms with Crippen molar-refractivity contribution in [3.8, 4) is 0 Å². The van der Waals surface area contributed by atoms with Crippen molar-refractivity contribution in [3.05, 3.63) is 0 Å². The average Bonchev–Trinajstić information content (AvgIpc) is 1.96. The molecule has 0 saturated heterocycles. The van der Waals surface area contributed by atoms with Gasteiger partial charge in [0.2, 0.25) is 0 Å². The predicted molar refractivity (Wildman–Crippen MR) is 48.8 cm³/mol. The molecule has 0 spiro atoms. The number of rotatable bonds is 1. The number of aliphatic imine (C=N–C) groups is 1. The topological polar surface area (TPSA) is 12.4 Å². The maximum Gasteiger partial charge on any atom is 0.0644 e. The zero-order chi connectivity index (χ0) is 7.56. The molecule has 58 valence electrons. The summed E-state index contributed by atoms with van der Waals surface area (Å²) in [6.45, 7) is 4.42. The van der Waals surface area contributed by atoms with E-state index in [4.69, 9.17) is 0 Å². The molecule has 0 aromatic rings. The molecule has 0 radical (unpaired) electrons. The third kappa shape index (κ3) is 1.75. The highest BCUT2D eigenvalue weighted by Gasteiger charge is 2.27. The Labute approximate surface area is 67.3 Å². The van der Waals surface area contributed by atoms with E-state index in [1.165, 1.54) is 17.9 Å². The molecule has 2 heteroatoms. The fourth-order valence-electron chi connectivity index (χ4n) is 1.08. The minimum Gasteiger partial charge on any atom is -0.287 e. The van der Waals surface area contributed by atoms with Crippen LogP contribution in [0.3, 0.4) is 0 Å². The largest absolute Gasteiger partial charge is 0.287 e. The van der Waals surface area contributed by atoms with Crippen molar-refractivity contribution in [3.63, 3.8) is 0 Å². The van der Waals surface area contributed by atoms with Crippen molar-refractivity contribution in [2.75, 3.05) is 7.05 Å². The first-order chi connectivity index (χ1) is 4.74. The minimum atomic E-state index is 0.865. The third-order valence-corrected chi connectivity index (χ3v) is 3.70. The smallest absolute Gasteiger partial charge is 0.0644 e. The van der Waals surface area contributed by atoms with E-state index in [9.17, 15) is 0 Å². The van der Waals surface area contributed by atoms with Gasteiger partial charge in [-0.15, -0.1) is 11.8 Å². The molecule has 0 aromatic heterocycles. The van der Waals surface area contributed by atoms with Crippen LogP contribution < -0.4 is 0 Å². The highest BCUT2D eigenvalue weighted by molar-refractivity contribution is 8.14. The second kappa shape index (κ2) is 3.42. The first-order valence-electron chi connectivity index (χ1n) is 3.84. The van der Waals surface area contributed by atoms with E-state index in [1.54, 1.807) is 0 Å². The molecule has 1 aliphatic rings. The van der Waals surface area contributed by atoms with Crippen LogP contribution in [0.5, 0.6) is 0 Å². The van der Waals surface area contributed by atoms with Gasteiger partial charge in [0.15, 0.2) is 0 Å². The molecule has 0 heterocycles. The van der Waals surface area contributed by atoms with E-state index >= 15 is 0 Å². The number of nitrogens with zero attached hydrogens (tertiary/aromatic N) is 1. The first-order valence-corrected chi connectivity index (χ1v) is 4.72. The van der Waals surface area contributed by atoms with Crippen LogP contribution in [0.1, 0.15) is 26.7 Å². The molecule has 1 fully saturated rings. The SMILES string of the molecule is C/N=C(/C)SC1CCC1C. The summed E-state index contributed by atoms with van der Waals surface area (Å²) in [5.74, 6) is 0.918. The van der Waals surface area contributed by atoms with Gasteiger partial charge in [-0.2, -0.15) is 0 Å².